The molecule has 2 heterocycles. The summed E-state index contributed by atoms with van der Waals surface area (Å²) >= 11 is 0. The Morgan fingerprint density at radius 2 is 1.81 bits per heavy atom. The van der Waals surface area contributed by atoms with Gasteiger partial charge in [0.15, 0.2) is 0 Å². The second kappa shape index (κ2) is 8.88. The number of carbonyl (C=O) groups is 1. The van der Waals surface area contributed by atoms with E-state index in [0.29, 0.717) is 42.8 Å². The molecule has 2 aromatic carbocycles. The maximum Gasteiger partial charge on any atom is 0.336 e. The van der Waals surface area contributed by atoms with E-state index >= 15 is 0 Å². The zero-order valence-electron chi connectivity index (χ0n) is 18.0. The summed E-state index contributed by atoms with van der Waals surface area (Å²) in [5.41, 5.74) is 2.11. The summed E-state index contributed by atoms with van der Waals surface area (Å²) in [4.78, 5) is 25.0. The molecular formula is C24H25NO6S. The number of carbonyl (C=O) groups excluding carboxylic acids is 1. The van der Waals surface area contributed by atoms with Crippen LogP contribution in [0.5, 0.6) is 5.75 Å². The van der Waals surface area contributed by atoms with E-state index in [1.54, 1.807) is 26.0 Å². The Morgan fingerprint density at radius 3 is 2.47 bits per heavy atom. The number of hydrogen-bond acceptors (Lipinski definition) is 6. The van der Waals surface area contributed by atoms with Crippen LogP contribution in [0.4, 0.5) is 0 Å². The standard InChI is InChI=1S/C24H25NO6S/c1-3-32(28,29)25-13-11-18(12-14-25)24(27)30-21-10-9-19-20(17-7-5-4-6-8-17)15-22(26)31-23(19)16(21)2/h4-10,15,18H,3,11-14H2,1-2H3. The summed E-state index contributed by atoms with van der Waals surface area (Å²) in [6.07, 6.45) is 0.829. The number of piperidine rings is 1. The Kier molecular flexibility index (Phi) is 6.17. The van der Waals surface area contributed by atoms with Gasteiger partial charge in [-0.25, -0.2) is 17.5 Å². The maximum atomic E-state index is 12.8. The van der Waals surface area contributed by atoms with Crippen LogP contribution >= 0.6 is 0 Å². The topological polar surface area (TPSA) is 93.9 Å². The summed E-state index contributed by atoms with van der Waals surface area (Å²) in [6, 6.07) is 14.5. The van der Waals surface area contributed by atoms with Crippen molar-refractivity contribution in [2.45, 2.75) is 26.7 Å². The maximum absolute atomic E-state index is 12.8. The molecule has 1 aliphatic rings. The Hall–Kier alpha value is -2.97. The highest BCUT2D eigenvalue weighted by Gasteiger charge is 2.31. The molecule has 0 N–H and O–H groups in total. The van der Waals surface area contributed by atoms with E-state index < -0.39 is 21.6 Å². The summed E-state index contributed by atoms with van der Waals surface area (Å²) < 4.78 is 36.6. The molecule has 32 heavy (non-hydrogen) atoms. The van der Waals surface area contributed by atoms with Crippen molar-refractivity contribution in [3.05, 3.63) is 64.5 Å². The molecule has 1 fully saturated rings. The molecule has 0 unspecified atom stereocenters. The largest absolute Gasteiger partial charge is 0.426 e. The minimum atomic E-state index is -3.25. The smallest absolute Gasteiger partial charge is 0.336 e. The molecule has 0 aliphatic carbocycles. The van der Waals surface area contributed by atoms with Crippen LogP contribution in [0.1, 0.15) is 25.3 Å². The van der Waals surface area contributed by atoms with Crippen LogP contribution in [0.3, 0.4) is 0 Å². The molecule has 1 aromatic heterocycles. The van der Waals surface area contributed by atoms with Gasteiger partial charge in [-0.15, -0.1) is 0 Å². The molecule has 0 bridgehead atoms. The SMILES string of the molecule is CCS(=O)(=O)N1CCC(C(=O)Oc2ccc3c(-c4ccccc4)cc(=O)oc3c2C)CC1. The number of hydrogen-bond donors (Lipinski definition) is 0. The number of benzene rings is 2. The second-order valence-electron chi connectivity index (χ2n) is 7.91. The third-order valence-corrected chi connectivity index (χ3v) is 7.83. The summed E-state index contributed by atoms with van der Waals surface area (Å²) in [6.45, 7) is 3.97. The molecule has 8 heteroatoms. The molecule has 1 saturated heterocycles. The van der Waals surface area contributed by atoms with Crippen LogP contribution < -0.4 is 10.4 Å². The zero-order chi connectivity index (χ0) is 22.9. The molecule has 0 saturated carbocycles. The number of aryl methyl sites for hydroxylation is 1. The van der Waals surface area contributed by atoms with E-state index in [-0.39, 0.29) is 11.7 Å². The van der Waals surface area contributed by atoms with E-state index in [9.17, 15) is 18.0 Å². The molecule has 4 rings (SSSR count). The Balaban J connectivity index is 1.58. The predicted octanol–water partition coefficient (Wildman–Crippen LogP) is 3.74. The van der Waals surface area contributed by atoms with E-state index in [4.69, 9.17) is 9.15 Å². The highest BCUT2D eigenvalue weighted by Crippen LogP contribution is 2.33. The van der Waals surface area contributed by atoms with Gasteiger partial charge >= 0.3 is 11.6 Å². The van der Waals surface area contributed by atoms with Gasteiger partial charge < -0.3 is 9.15 Å². The van der Waals surface area contributed by atoms with Crippen molar-refractivity contribution in [3.63, 3.8) is 0 Å². The van der Waals surface area contributed by atoms with Gasteiger partial charge in [0.1, 0.15) is 11.3 Å². The van der Waals surface area contributed by atoms with E-state index in [1.807, 2.05) is 30.3 Å². The van der Waals surface area contributed by atoms with Crippen LogP contribution in [0, 0.1) is 12.8 Å². The molecule has 7 nitrogen and oxygen atoms in total. The quantitative estimate of drug-likeness (QED) is 0.331. The summed E-state index contributed by atoms with van der Waals surface area (Å²) in [5.74, 6) is -0.396. The van der Waals surface area contributed by atoms with Crippen molar-refractivity contribution >= 4 is 27.0 Å². The van der Waals surface area contributed by atoms with Gasteiger partial charge in [-0.05, 0) is 49.9 Å². The van der Waals surface area contributed by atoms with Crippen LogP contribution in [-0.2, 0) is 14.8 Å². The fourth-order valence-electron chi connectivity index (χ4n) is 4.05. The monoisotopic (exact) mass is 455 g/mol. The number of esters is 1. The molecule has 3 aromatic rings. The predicted molar refractivity (Wildman–Crippen MR) is 122 cm³/mol. The van der Waals surface area contributed by atoms with Crippen LogP contribution in [0.25, 0.3) is 22.1 Å². The lowest BCUT2D eigenvalue weighted by molar-refractivity contribution is -0.140. The minimum Gasteiger partial charge on any atom is -0.426 e. The first-order chi connectivity index (χ1) is 15.3. The number of sulfonamides is 1. The van der Waals surface area contributed by atoms with Crippen LogP contribution in [0.15, 0.2) is 57.7 Å². The van der Waals surface area contributed by atoms with Gasteiger partial charge in [0.2, 0.25) is 10.0 Å². The zero-order valence-corrected chi connectivity index (χ0v) is 18.9. The van der Waals surface area contributed by atoms with Crippen molar-refractivity contribution in [1.82, 2.24) is 4.31 Å². The van der Waals surface area contributed by atoms with Crippen molar-refractivity contribution < 1.29 is 22.4 Å². The number of fused-ring (bicyclic) bond motifs is 1. The lowest BCUT2D eigenvalue weighted by atomic mass is 9.98. The fourth-order valence-corrected chi connectivity index (χ4v) is 5.19. The molecular weight excluding hydrogens is 430 g/mol. The molecule has 0 radical (unpaired) electrons. The van der Waals surface area contributed by atoms with Gasteiger partial charge in [-0.3, -0.25) is 4.79 Å². The van der Waals surface area contributed by atoms with Crippen molar-refractivity contribution in [2.75, 3.05) is 18.8 Å². The van der Waals surface area contributed by atoms with Gasteiger partial charge in [0.05, 0.1) is 11.7 Å². The lowest BCUT2D eigenvalue weighted by Crippen LogP contribution is -2.41. The van der Waals surface area contributed by atoms with E-state index in [2.05, 4.69) is 0 Å². The van der Waals surface area contributed by atoms with Crippen LogP contribution in [-0.4, -0.2) is 37.5 Å². The summed E-state index contributed by atoms with van der Waals surface area (Å²) in [7, 11) is -3.25. The first kappa shape index (κ1) is 22.2. The van der Waals surface area contributed by atoms with Crippen LogP contribution in [0.2, 0.25) is 0 Å². The molecule has 1 aliphatic heterocycles. The van der Waals surface area contributed by atoms with Gasteiger partial charge in [0, 0.05) is 30.1 Å². The number of rotatable bonds is 5. The van der Waals surface area contributed by atoms with Crippen molar-refractivity contribution in [2.24, 2.45) is 5.92 Å². The number of nitrogens with zero attached hydrogens (tertiary/aromatic N) is 1. The average Bonchev–Trinajstić information content (AvgIpc) is 2.81. The third kappa shape index (κ3) is 4.33. The highest BCUT2D eigenvalue weighted by atomic mass is 32.2. The highest BCUT2D eigenvalue weighted by molar-refractivity contribution is 7.89. The Bertz CT molecular complexity index is 1310. The lowest BCUT2D eigenvalue weighted by Gasteiger charge is -2.29. The molecule has 0 spiro atoms. The third-order valence-electron chi connectivity index (χ3n) is 5.95. The van der Waals surface area contributed by atoms with E-state index in [1.165, 1.54) is 10.4 Å². The fraction of sp³-hybridized carbons (Fsp3) is 0.333. The van der Waals surface area contributed by atoms with Gasteiger partial charge in [-0.2, -0.15) is 0 Å². The molecule has 0 amide bonds. The minimum absolute atomic E-state index is 0.0502. The summed E-state index contributed by atoms with van der Waals surface area (Å²) in [5, 5.41) is 0.756. The molecule has 168 valence electrons. The first-order valence-electron chi connectivity index (χ1n) is 10.6. The van der Waals surface area contributed by atoms with Crippen molar-refractivity contribution in [1.29, 1.82) is 0 Å². The first-order valence-corrected chi connectivity index (χ1v) is 12.2. The number of ether oxygens (including phenoxy) is 1. The molecule has 0 atom stereocenters. The van der Waals surface area contributed by atoms with Crippen molar-refractivity contribution in [3.8, 4) is 16.9 Å². The van der Waals surface area contributed by atoms with E-state index in [0.717, 1.165) is 16.5 Å². The normalized spacial score (nSPS) is 15.7. The van der Waals surface area contributed by atoms with Gasteiger partial charge in [0.25, 0.3) is 0 Å². The average molecular weight is 456 g/mol. The van der Waals surface area contributed by atoms with Gasteiger partial charge in [-0.1, -0.05) is 30.3 Å². The Morgan fingerprint density at radius 1 is 1.12 bits per heavy atom. The second-order valence-corrected chi connectivity index (χ2v) is 10.2. The Labute approximate surface area is 186 Å².